The highest BCUT2D eigenvalue weighted by Crippen LogP contribution is 2.28. The van der Waals surface area contributed by atoms with Crippen molar-refractivity contribution in [1.82, 2.24) is 5.32 Å². The Labute approximate surface area is 132 Å². The molecule has 0 radical (unpaired) electrons. The number of hydrogen-bond acceptors (Lipinski definition) is 1. The van der Waals surface area contributed by atoms with E-state index in [-0.39, 0.29) is 6.04 Å². The largest absolute Gasteiger partial charge is 0.313 e. The summed E-state index contributed by atoms with van der Waals surface area (Å²) in [7, 11) is 1.83. The summed E-state index contributed by atoms with van der Waals surface area (Å²) in [4.78, 5) is 0. The number of likely N-dealkylation sites (N-methyl/N-ethyl adjacent to an activating group) is 1. The molecule has 0 saturated carbocycles. The van der Waals surface area contributed by atoms with Crippen LogP contribution in [0.25, 0.3) is 0 Å². The van der Waals surface area contributed by atoms with E-state index in [1.54, 1.807) is 12.1 Å². The van der Waals surface area contributed by atoms with Crippen LogP contribution in [0.2, 0.25) is 0 Å². The lowest BCUT2D eigenvalue weighted by molar-refractivity contribution is 0.486. The topological polar surface area (TPSA) is 12.0 Å². The van der Waals surface area contributed by atoms with Crippen LogP contribution in [0.1, 0.15) is 28.3 Å². The number of aryl methyl sites for hydroxylation is 2. The zero-order valence-electron chi connectivity index (χ0n) is 12.3. The minimum atomic E-state index is -0.800. The highest BCUT2D eigenvalue weighted by Gasteiger charge is 2.17. The van der Waals surface area contributed by atoms with Crippen molar-refractivity contribution >= 4 is 15.9 Å². The summed E-state index contributed by atoms with van der Waals surface area (Å²) in [5.74, 6) is -1.56. The highest BCUT2D eigenvalue weighted by molar-refractivity contribution is 9.10. The van der Waals surface area contributed by atoms with Gasteiger partial charge in [0.05, 0.1) is 0 Å². The molecule has 112 valence electrons. The molecule has 1 N–H and O–H groups in total. The summed E-state index contributed by atoms with van der Waals surface area (Å²) in [6.45, 7) is 4.04. The summed E-state index contributed by atoms with van der Waals surface area (Å²) in [6.07, 6.45) is 0.405. The third-order valence-electron chi connectivity index (χ3n) is 3.73. The average Bonchev–Trinajstić information content (AvgIpc) is 2.45. The molecule has 0 aromatic heterocycles. The standard InChI is InChI=1S/C17H18BrF2N/c1-10-8-14(18)11(2)7-13(10)16(21-3)9-12-5-4-6-15(19)17(12)20/h4-8,16,21H,9H2,1-3H3. The van der Waals surface area contributed by atoms with Gasteiger partial charge in [0.15, 0.2) is 11.6 Å². The summed E-state index contributed by atoms with van der Waals surface area (Å²) in [6, 6.07) is 8.38. The van der Waals surface area contributed by atoms with Crippen LogP contribution in [-0.2, 0) is 6.42 Å². The normalized spacial score (nSPS) is 12.5. The molecule has 4 heteroatoms. The molecular formula is C17H18BrF2N. The molecule has 1 nitrogen and oxygen atoms in total. The molecule has 0 heterocycles. The van der Waals surface area contributed by atoms with E-state index in [0.717, 1.165) is 27.2 Å². The van der Waals surface area contributed by atoms with Crippen molar-refractivity contribution < 1.29 is 8.78 Å². The van der Waals surface area contributed by atoms with Gasteiger partial charge in [-0.1, -0.05) is 34.1 Å². The van der Waals surface area contributed by atoms with Gasteiger partial charge in [0.25, 0.3) is 0 Å². The van der Waals surface area contributed by atoms with Crippen LogP contribution in [0, 0.1) is 25.5 Å². The first-order valence-electron chi connectivity index (χ1n) is 6.80. The van der Waals surface area contributed by atoms with Gasteiger partial charge in [-0.3, -0.25) is 0 Å². The van der Waals surface area contributed by atoms with Crippen LogP contribution in [0.4, 0.5) is 8.78 Å². The predicted molar refractivity (Wildman–Crippen MR) is 85.5 cm³/mol. The zero-order valence-corrected chi connectivity index (χ0v) is 13.9. The van der Waals surface area contributed by atoms with Crippen molar-refractivity contribution in [3.05, 3.63) is 68.7 Å². The summed E-state index contributed by atoms with van der Waals surface area (Å²) in [5.41, 5.74) is 3.72. The number of benzene rings is 2. The Morgan fingerprint density at radius 2 is 1.86 bits per heavy atom. The van der Waals surface area contributed by atoms with E-state index in [0.29, 0.717) is 12.0 Å². The van der Waals surface area contributed by atoms with Gasteiger partial charge in [-0.05, 0) is 61.7 Å². The third-order valence-corrected chi connectivity index (χ3v) is 4.58. The molecule has 0 aliphatic rings. The molecule has 21 heavy (non-hydrogen) atoms. The van der Waals surface area contributed by atoms with E-state index in [9.17, 15) is 8.78 Å². The average molecular weight is 354 g/mol. The minimum Gasteiger partial charge on any atom is -0.313 e. The Morgan fingerprint density at radius 3 is 2.52 bits per heavy atom. The Morgan fingerprint density at radius 1 is 1.14 bits per heavy atom. The van der Waals surface area contributed by atoms with Gasteiger partial charge < -0.3 is 5.32 Å². The Bertz CT molecular complexity index is 655. The minimum absolute atomic E-state index is 0.0619. The predicted octanol–water partition coefficient (Wildman–Crippen LogP) is 4.85. The second kappa shape index (κ2) is 6.67. The van der Waals surface area contributed by atoms with Crippen molar-refractivity contribution in [3.8, 4) is 0 Å². The van der Waals surface area contributed by atoms with Gasteiger partial charge in [-0.15, -0.1) is 0 Å². The first-order chi connectivity index (χ1) is 9.93. The van der Waals surface area contributed by atoms with Crippen molar-refractivity contribution in [2.45, 2.75) is 26.3 Å². The van der Waals surface area contributed by atoms with E-state index in [1.165, 1.54) is 0 Å². The fourth-order valence-corrected chi connectivity index (χ4v) is 2.93. The second-order valence-electron chi connectivity index (χ2n) is 5.22. The molecule has 0 amide bonds. The fourth-order valence-electron chi connectivity index (χ4n) is 2.47. The lowest BCUT2D eigenvalue weighted by Gasteiger charge is -2.20. The molecule has 0 aliphatic carbocycles. The van der Waals surface area contributed by atoms with Crippen molar-refractivity contribution in [2.24, 2.45) is 0 Å². The lowest BCUT2D eigenvalue weighted by atomic mass is 9.94. The number of hydrogen-bond donors (Lipinski definition) is 1. The maximum atomic E-state index is 13.8. The molecule has 2 aromatic rings. The Kier molecular flexibility index (Phi) is 5.12. The molecule has 0 aliphatic heterocycles. The van der Waals surface area contributed by atoms with Crippen LogP contribution in [0.15, 0.2) is 34.8 Å². The Hall–Kier alpha value is -1.26. The van der Waals surface area contributed by atoms with Gasteiger partial charge in [0.1, 0.15) is 0 Å². The van der Waals surface area contributed by atoms with Crippen molar-refractivity contribution in [3.63, 3.8) is 0 Å². The van der Waals surface area contributed by atoms with Gasteiger partial charge in [-0.2, -0.15) is 0 Å². The van der Waals surface area contributed by atoms with E-state index < -0.39 is 11.6 Å². The van der Waals surface area contributed by atoms with Gasteiger partial charge in [0, 0.05) is 10.5 Å². The van der Waals surface area contributed by atoms with E-state index in [4.69, 9.17) is 0 Å². The van der Waals surface area contributed by atoms with Crippen molar-refractivity contribution in [1.29, 1.82) is 0 Å². The lowest BCUT2D eigenvalue weighted by Crippen LogP contribution is -2.20. The summed E-state index contributed by atoms with van der Waals surface area (Å²) < 4.78 is 28.2. The van der Waals surface area contributed by atoms with Crippen LogP contribution in [0.3, 0.4) is 0 Å². The van der Waals surface area contributed by atoms with E-state index >= 15 is 0 Å². The molecule has 1 unspecified atom stereocenters. The van der Waals surface area contributed by atoms with Gasteiger partial charge in [-0.25, -0.2) is 8.78 Å². The number of nitrogens with one attached hydrogen (secondary N) is 1. The van der Waals surface area contributed by atoms with Crippen LogP contribution in [-0.4, -0.2) is 7.05 Å². The van der Waals surface area contributed by atoms with Gasteiger partial charge in [0.2, 0.25) is 0 Å². The molecule has 0 bridgehead atoms. The quantitative estimate of drug-likeness (QED) is 0.828. The fraction of sp³-hybridized carbons (Fsp3) is 0.294. The van der Waals surface area contributed by atoms with Gasteiger partial charge >= 0.3 is 0 Å². The third kappa shape index (κ3) is 3.50. The SMILES string of the molecule is CNC(Cc1cccc(F)c1F)c1cc(C)c(Br)cc1C. The molecule has 1 atom stereocenters. The monoisotopic (exact) mass is 353 g/mol. The maximum Gasteiger partial charge on any atom is 0.162 e. The first-order valence-corrected chi connectivity index (χ1v) is 7.60. The van der Waals surface area contributed by atoms with Crippen molar-refractivity contribution in [2.75, 3.05) is 7.05 Å². The van der Waals surface area contributed by atoms with E-state index in [2.05, 4.69) is 33.4 Å². The molecule has 2 aromatic carbocycles. The van der Waals surface area contributed by atoms with Crippen LogP contribution in [0.5, 0.6) is 0 Å². The van der Waals surface area contributed by atoms with E-state index in [1.807, 2.05) is 20.9 Å². The zero-order chi connectivity index (χ0) is 15.6. The first kappa shape index (κ1) is 16.1. The smallest absolute Gasteiger partial charge is 0.162 e. The molecule has 0 saturated heterocycles. The summed E-state index contributed by atoms with van der Waals surface area (Å²) in [5, 5.41) is 3.20. The molecule has 2 rings (SSSR count). The Balaban J connectivity index is 2.37. The molecule has 0 fully saturated rings. The second-order valence-corrected chi connectivity index (χ2v) is 6.07. The summed E-state index contributed by atoms with van der Waals surface area (Å²) >= 11 is 3.51. The number of halogens is 3. The van der Waals surface area contributed by atoms with Crippen LogP contribution < -0.4 is 5.32 Å². The highest BCUT2D eigenvalue weighted by atomic mass is 79.9. The van der Waals surface area contributed by atoms with Crippen LogP contribution >= 0.6 is 15.9 Å². The maximum absolute atomic E-state index is 13.8. The number of rotatable bonds is 4. The molecule has 0 spiro atoms. The molecular weight excluding hydrogens is 336 g/mol.